The number of nitrogens with two attached hydrogens (primary N) is 1. The van der Waals surface area contributed by atoms with Crippen molar-refractivity contribution in [1.82, 2.24) is 4.98 Å². The third-order valence-electron chi connectivity index (χ3n) is 2.08. The smallest absolute Gasteiger partial charge is 0.258 e. The third kappa shape index (κ3) is 2.57. The first-order valence-corrected chi connectivity index (χ1v) is 5.66. The van der Waals surface area contributed by atoms with Crippen molar-refractivity contribution in [3.05, 3.63) is 46.4 Å². The second-order valence-electron chi connectivity index (χ2n) is 3.28. The number of hydrogen-bond acceptors (Lipinski definition) is 4. The van der Waals surface area contributed by atoms with Crippen molar-refractivity contribution < 1.29 is 13.5 Å². The van der Waals surface area contributed by atoms with E-state index in [1.165, 1.54) is 0 Å². The van der Waals surface area contributed by atoms with Gasteiger partial charge in [-0.15, -0.1) is 0 Å². The van der Waals surface area contributed by atoms with E-state index in [2.05, 4.69) is 20.9 Å². The molecule has 0 aliphatic rings. The van der Waals surface area contributed by atoms with E-state index in [-0.39, 0.29) is 11.7 Å². The van der Waals surface area contributed by atoms with Crippen molar-refractivity contribution in [3.63, 3.8) is 0 Å². The number of para-hydroxylation sites is 1. The number of nitrogens with one attached hydrogen (secondary N) is 1. The molecule has 0 aliphatic heterocycles. The zero-order valence-corrected chi connectivity index (χ0v) is 10.5. The van der Waals surface area contributed by atoms with Crippen molar-refractivity contribution in [1.29, 1.82) is 0 Å². The highest BCUT2D eigenvalue weighted by Crippen LogP contribution is 2.30. The molecule has 0 unspecified atom stereocenters. The lowest BCUT2D eigenvalue weighted by molar-refractivity contribution is 0.416. The first kappa shape index (κ1) is 12.7. The Hall–Kier alpha value is -1.73. The molecular weight excluding hydrogens is 308 g/mol. The van der Waals surface area contributed by atoms with Gasteiger partial charge in [0.25, 0.3) is 5.88 Å². The van der Waals surface area contributed by atoms with Crippen LogP contribution in [-0.2, 0) is 0 Å². The fraction of sp³-hybridized carbons (Fsp3) is 0. The summed E-state index contributed by atoms with van der Waals surface area (Å²) in [5, 5.41) is 0. The topological polar surface area (TPSA) is 60.2 Å². The molecule has 2 rings (SSSR count). The standard InChI is InChI=1S/C11H8BrF2N3O/c12-6-3-1-2-4-9(6)18-11-8(14)5-7(13)10(16-11)17-15/h1-5H,15H2,(H,16,17). The Labute approximate surface area is 110 Å². The molecule has 0 saturated heterocycles. The number of aromatic nitrogens is 1. The normalized spacial score (nSPS) is 10.2. The van der Waals surface area contributed by atoms with Gasteiger partial charge in [-0.3, -0.25) is 0 Å². The van der Waals surface area contributed by atoms with Crippen LogP contribution in [0.1, 0.15) is 0 Å². The molecule has 1 aromatic heterocycles. The Bertz CT molecular complexity index is 580. The third-order valence-corrected chi connectivity index (χ3v) is 2.73. The molecule has 0 fully saturated rings. The highest BCUT2D eigenvalue weighted by molar-refractivity contribution is 9.10. The second kappa shape index (κ2) is 5.28. The van der Waals surface area contributed by atoms with E-state index in [4.69, 9.17) is 10.6 Å². The van der Waals surface area contributed by atoms with Crippen LogP contribution in [0.4, 0.5) is 14.6 Å². The van der Waals surface area contributed by atoms with E-state index in [9.17, 15) is 8.78 Å². The molecule has 0 spiro atoms. The minimum atomic E-state index is -0.915. The molecule has 0 bridgehead atoms. The van der Waals surface area contributed by atoms with E-state index in [1.54, 1.807) is 24.3 Å². The summed E-state index contributed by atoms with van der Waals surface area (Å²) in [5.74, 6) is 2.95. The predicted octanol–water partition coefficient (Wildman–Crippen LogP) is 3.20. The maximum atomic E-state index is 13.5. The summed E-state index contributed by atoms with van der Waals surface area (Å²) in [7, 11) is 0. The molecule has 0 saturated carbocycles. The molecule has 1 heterocycles. The molecule has 1 aromatic carbocycles. The van der Waals surface area contributed by atoms with Crippen LogP contribution in [0, 0.1) is 11.6 Å². The number of nitrogens with zero attached hydrogens (tertiary/aromatic N) is 1. The van der Waals surface area contributed by atoms with Crippen molar-refractivity contribution in [3.8, 4) is 11.6 Å². The van der Waals surface area contributed by atoms with Crippen LogP contribution in [-0.4, -0.2) is 4.98 Å². The minimum Gasteiger partial charge on any atom is -0.435 e. The molecule has 0 radical (unpaired) electrons. The first-order valence-electron chi connectivity index (χ1n) is 4.87. The van der Waals surface area contributed by atoms with Gasteiger partial charge in [-0.05, 0) is 28.1 Å². The van der Waals surface area contributed by atoms with Crippen LogP contribution in [0.5, 0.6) is 11.6 Å². The minimum absolute atomic E-state index is 0.293. The number of hydrazine groups is 1. The summed E-state index contributed by atoms with van der Waals surface area (Å²) in [5.41, 5.74) is 2.02. The van der Waals surface area contributed by atoms with Gasteiger partial charge in [-0.2, -0.15) is 4.98 Å². The van der Waals surface area contributed by atoms with Crippen LogP contribution in [0.25, 0.3) is 0 Å². The lowest BCUT2D eigenvalue weighted by atomic mass is 10.3. The Morgan fingerprint density at radius 1 is 1.22 bits per heavy atom. The number of nitrogen functional groups attached to an aromatic ring is 1. The van der Waals surface area contributed by atoms with Gasteiger partial charge in [0.2, 0.25) is 0 Å². The van der Waals surface area contributed by atoms with E-state index in [0.29, 0.717) is 16.3 Å². The highest BCUT2D eigenvalue weighted by Gasteiger charge is 2.14. The second-order valence-corrected chi connectivity index (χ2v) is 4.14. The van der Waals surface area contributed by atoms with Crippen LogP contribution in [0.15, 0.2) is 34.8 Å². The molecule has 4 nitrogen and oxygen atoms in total. The summed E-state index contributed by atoms with van der Waals surface area (Å²) < 4.78 is 32.5. The van der Waals surface area contributed by atoms with Crippen LogP contribution >= 0.6 is 15.9 Å². The van der Waals surface area contributed by atoms with Gasteiger partial charge in [-0.1, -0.05) is 12.1 Å². The fourth-order valence-corrected chi connectivity index (χ4v) is 1.62. The molecule has 94 valence electrons. The number of halogens is 3. The highest BCUT2D eigenvalue weighted by atomic mass is 79.9. The molecule has 3 N–H and O–H groups in total. The maximum absolute atomic E-state index is 13.5. The van der Waals surface area contributed by atoms with Crippen LogP contribution < -0.4 is 16.0 Å². The SMILES string of the molecule is NNc1nc(Oc2ccccc2Br)c(F)cc1F. The van der Waals surface area contributed by atoms with E-state index in [1.807, 2.05) is 5.43 Å². The molecular formula is C11H8BrF2N3O. The maximum Gasteiger partial charge on any atom is 0.258 e. The lowest BCUT2D eigenvalue weighted by Crippen LogP contribution is -2.11. The number of rotatable bonds is 3. The van der Waals surface area contributed by atoms with E-state index in [0.717, 1.165) is 0 Å². The molecule has 0 atom stereocenters. The summed E-state index contributed by atoms with van der Waals surface area (Å²) in [6.07, 6.45) is 0. The van der Waals surface area contributed by atoms with Gasteiger partial charge < -0.3 is 10.2 Å². The largest absolute Gasteiger partial charge is 0.435 e. The first-order chi connectivity index (χ1) is 8.61. The summed E-state index contributed by atoms with van der Waals surface area (Å²) in [4.78, 5) is 3.60. The average molecular weight is 316 g/mol. The van der Waals surface area contributed by atoms with Gasteiger partial charge in [0, 0.05) is 6.07 Å². The number of ether oxygens (including phenoxy) is 1. The number of pyridine rings is 1. The Balaban J connectivity index is 2.38. The quantitative estimate of drug-likeness (QED) is 0.674. The van der Waals surface area contributed by atoms with Gasteiger partial charge in [0.05, 0.1) is 4.47 Å². The molecule has 18 heavy (non-hydrogen) atoms. The van der Waals surface area contributed by atoms with Crippen molar-refractivity contribution >= 4 is 21.7 Å². The summed E-state index contributed by atoms with van der Waals surface area (Å²) >= 11 is 3.24. The van der Waals surface area contributed by atoms with E-state index < -0.39 is 11.6 Å². The summed E-state index contributed by atoms with van der Waals surface area (Å²) in [6.45, 7) is 0. The van der Waals surface area contributed by atoms with Gasteiger partial charge >= 0.3 is 0 Å². The van der Waals surface area contributed by atoms with E-state index >= 15 is 0 Å². The Morgan fingerprint density at radius 2 is 1.94 bits per heavy atom. The Morgan fingerprint density at radius 3 is 2.61 bits per heavy atom. The number of anilines is 1. The van der Waals surface area contributed by atoms with Crippen molar-refractivity contribution in [2.45, 2.75) is 0 Å². The average Bonchev–Trinajstić information content (AvgIpc) is 2.35. The Kier molecular flexibility index (Phi) is 3.73. The lowest BCUT2D eigenvalue weighted by Gasteiger charge is -2.09. The fourth-order valence-electron chi connectivity index (χ4n) is 1.25. The van der Waals surface area contributed by atoms with Crippen molar-refractivity contribution in [2.75, 3.05) is 5.43 Å². The van der Waals surface area contributed by atoms with Gasteiger partial charge in [-0.25, -0.2) is 14.6 Å². The summed E-state index contributed by atoms with van der Waals surface area (Å²) in [6, 6.07) is 7.47. The van der Waals surface area contributed by atoms with Crippen LogP contribution in [0.3, 0.4) is 0 Å². The molecule has 0 amide bonds. The zero-order valence-electron chi connectivity index (χ0n) is 8.95. The monoisotopic (exact) mass is 315 g/mol. The van der Waals surface area contributed by atoms with Gasteiger partial charge in [0.15, 0.2) is 17.5 Å². The van der Waals surface area contributed by atoms with Crippen molar-refractivity contribution in [2.24, 2.45) is 5.84 Å². The predicted molar refractivity (Wildman–Crippen MR) is 66.2 cm³/mol. The number of benzene rings is 1. The molecule has 0 aliphatic carbocycles. The number of hydrogen-bond donors (Lipinski definition) is 2. The zero-order chi connectivity index (χ0) is 13.1. The molecule has 7 heteroatoms. The van der Waals surface area contributed by atoms with Crippen LogP contribution in [0.2, 0.25) is 0 Å². The van der Waals surface area contributed by atoms with Gasteiger partial charge in [0.1, 0.15) is 5.75 Å². The molecule has 2 aromatic rings.